The molecule has 0 aromatic rings. The van der Waals surface area contributed by atoms with Gasteiger partial charge in [0, 0.05) is 6.54 Å². The van der Waals surface area contributed by atoms with Crippen LogP contribution in [0, 0.1) is 0 Å². The van der Waals surface area contributed by atoms with Gasteiger partial charge in [-0.05, 0) is 165 Å². The van der Waals surface area contributed by atoms with Crippen molar-refractivity contribution in [2.75, 3.05) is 41.3 Å². The molecule has 0 saturated heterocycles. The molecule has 52 heavy (non-hydrogen) atoms. The van der Waals surface area contributed by atoms with Gasteiger partial charge in [-0.1, -0.05) is 65.5 Å². The highest BCUT2D eigenvalue weighted by atomic mass is 28.5. The van der Waals surface area contributed by atoms with E-state index in [1.165, 1.54) is 0 Å². The Morgan fingerprint density at radius 1 is 0.481 bits per heavy atom. The normalized spacial score (nSPS) is 13.2. The van der Waals surface area contributed by atoms with E-state index in [1.54, 1.807) is 0 Å². The lowest BCUT2D eigenvalue weighted by atomic mass is 10.5. The quantitative estimate of drug-likeness (QED) is 0.0996. The third-order valence-corrected chi connectivity index (χ3v) is 30.5. The van der Waals surface area contributed by atoms with Crippen LogP contribution in [0.15, 0.2) is 12.7 Å². The maximum absolute atomic E-state index is 6.64. The molecule has 0 radical (unpaired) electrons. The van der Waals surface area contributed by atoms with Crippen LogP contribution in [0.5, 0.6) is 0 Å². The van der Waals surface area contributed by atoms with E-state index in [0.29, 0.717) is 0 Å². The third-order valence-electron chi connectivity index (χ3n) is 4.79. The summed E-state index contributed by atoms with van der Waals surface area (Å²) in [7, 11) is -5.76. The Balaban J connectivity index is -0.0000000558. The molecule has 0 aliphatic carbocycles. The van der Waals surface area contributed by atoms with E-state index in [0.717, 1.165) is 25.6 Å². The summed E-state index contributed by atoms with van der Waals surface area (Å²) in [6.07, 6.45) is 3.00. The summed E-state index contributed by atoms with van der Waals surface area (Å²) in [5, 5.41) is 0. The monoisotopic (exact) mass is 891 g/mol. The van der Waals surface area contributed by atoms with Crippen molar-refractivity contribution in [2.45, 2.75) is 190 Å². The van der Waals surface area contributed by atoms with Crippen molar-refractivity contribution in [2.24, 2.45) is 0 Å². The van der Waals surface area contributed by atoms with Crippen molar-refractivity contribution >= 4 is 68.2 Å². The van der Waals surface area contributed by atoms with Gasteiger partial charge in [0.2, 0.25) is 0 Å². The predicted molar refractivity (Wildman–Crippen MR) is 270 cm³/mol. The molecule has 0 bridgehead atoms. The SMILES string of the molecule is C.C.C.C.C.C.C.C.C=CCN(C)C.CN(C)CCC[Si](C)(O[Si](C)(C)C)O[Si](C)(C)O[Si](C)(C)C.C[SiH](O[Si](C)(C)C)O[Si](C)(C)O[Si](C)(C)C. The molecule has 0 fully saturated rings. The molecule has 2 unspecified atom stereocenters. The van der Waals surface area contributed by atoms with E-state index in [4.69, 9.17) is 24.7 Å². The molecule has 0 N–H and O–H groups in total. The third kappa shape index (κ3) is 63.1. The van der Waals surface area contributed by atoms with E-state index in [2.05, 4.69) is 148 Å². The zero-order chi connectivity index (χ0) is 36.0. The summed E-state index contributed by atoms with van der Waals surface area (Å²) >= 11 is 0. The molecule has 2 atom stereocenters. The zero-order valence-electron chi connectivity index (χ0n) is 33.5. The molecule has 0 heterocycles. The minimum atomic E-state index is -2.19. The minimum Gasteiger partial charge on any atom is -0.439 e. The second-order valence-corrected chi connectivity index (χ2v) is 48.6. The van der Waals surface area contributed by atoms with Crippen LogP contribution in [0.4, 0.5) is 0 Å². The van der Waals surface area contributed by atoms with E-state index >= 15 is 0 Å². The Labute approximate surface area is 344 Å². The molecule has 16 heteroatoms. The fourth-order valence-corrected chi connectivity index (χ4v) is 37.0. The molecule has 0 saturated carbocycles. The lowest BCUT2D eigenvalue weighted by Crippen LogP contribution is -2.56. The first-order valence-corrected chi connectivity index (χ1v) is 40.1. The van der Waals surface area contributed by atoms with Gasteiger partial charge in [-0.3, -0.25) is 0 Å². The highest BCUT2D eigenvalue weighted by Gasteiger charge is 2.44. The molecular weight excluding hydrogens is 781 g/mol. The molecule has 0 aromatic carbocycles. The average Bonchev–Trinajstić information content (AvgIpc) is 2.59. The van der Waals surface area contributed by atoms with Crippen molar-refractivity contribution in [1.82, 2.24) is 9.80 Å². The summed E-state index contributed by atoms with van der Waals surface area (Å²) in [5.41, 5.74) is 0. The van der Waals surface area contributed by atoms with E-state index < -0.39 is 68.2 Å². The summed E-state index contributed by atoms with van der Waals surface area (Å²) in [5.74, 6) is 0. The highest BCUT2D eigenvalue weighted by Crippen LogP contribution is 2.27. The van der Waals surface area contributed by atoms with E-state index in [1.807, 2.05) is 20.2 Å². The van der Waals surface area contributed by atoms with Crippen LogP contribution in [0.25, 0.3) is 0 Å². The van der Waals surface area contributed by atoms with Crippen molar-refractivity contribution < 1.29 is 24.7 Å². The molecule has 0 rings (SSSR count). The molecule has 8 nitrogen and oxygen atoms in total. The molecular formula is C36H110N2O6Si8. The van der Waals surface area contributed by atoms with Crippen LogP contribution in [0.2, 0.25) is 124 Å². The number of hydrogen-bond acceptors (Lipinski definition) is 8. The summed E-state index contributed by atoms with van der Waals surface area (Å²) < 4.78 is 37.8. The second-order valence-electron chi connectivity index (χ2n) is 17.1. The van der Waals surface area contributed by atoms with Gasteiger partial charge in [0.25, 0.3) is 9.28 Å². The van der Waals surface area contributed by atoms with Gasteiger partial charge in [-0.25, -0.2) is 0 Å². The van der Waals surface area contributed by atoms with Crippen molar-refractivity contribution in [3.63, 3.8) is 0 Å². The highest BCUT2D eigenvalue weighted by molar-refractivity contribution is 6.89. The molecule has 0 spiro atoms. The zero-order valence-corrected chi connectivity index (χ0v) is 41.7. The van der Waals surface area contributed by atoms with E-state index in [9.17, 15) is 0 Å². The fourth-order valence-electron chi connectivity index (χ4n) is 4.71. The van der Waals surface area contributed by atoms with Gasteiger partial charge in [0.15, 0.2) is 33.3 Å². The molecule has 0 amide bonds. The molecule has 0 aliphatic heterocycles. The fraction of sp³-hybridized carbons (Fsp3) is 0.944. The van der Waals surface area contributed by atoms with Gasteiger partial charge in [-0.15, -0.1) is 6.58 Å². The lowest BCUT2D eigenvalue weighted by Gasteiger charge is -2.41. The lowest BCUT2D eigenvalue weighted by molar-refractivity contribution is 0.317. The van der Waals surface area contributed by atoms with E-state index in [-0.39, 0.29) is 59.4 Å². The Kier molecular flexibility index (Phi) is 53.5. The minimum absolute atomic E-state index is 0. The first-order chi connectivity index (χ1) is 19.1. The first kappa shape index (κ1) is 81.4. The van der Waals surface area contributed by atoms with Crippen LogP contribution < -0.4 is 0 Å². The molecule has 332 valence electrons. The Morgan fingerprint density at radius 3 is 1.08 bits per heavy atom. The van der Waals surface area contributed by atoms with Gasteiger partial charge >= 0.3 is 25.7 Å². The van der Waals surface area contributed by atoms with Crippen LogP contribution in [0.1, 0.15) is 65.8 Å². The standard InChI is InChI=1S/C14H39NO3Si4.C9H28O3Si4.C5H11N.8CH4/c1-15(2)13-12-14-22(11,17-20(6,7)8)18-21(9,10)16-19(3,4)5;1-13(10-14(2,3)4)11-16(8,9)12-15(5,6)7;1-4-5-6(2)3;;;;;;;;/h12-14H2,1-11H3;13H,1-9H3;4H,1,5H2,2-3H3;8*1H4. The smallest absolute Gasteiger partial charge is 0.315 e. The predicted octanol–water partition coefficient (Wildman–Crippen LogP) is 13.5. The number of likely N-dealkylation sites (N-methyl/N-ethyl adjacent to an activating group) is 1. The van der Waals surface area contributed by atoms with Crippen molar-refractivity contribution in [3.8, 4) is 0 Å². The molecule has 0 aliphatic rings. The Hall–Kier alpha value is 1.16. The van der Waals surface area contributed by atoms with Crippen LogP contribution in [-0.2, 0) is 24.7 Å². The van der Waals surface area contributed by atoms with Gasteiger partial charge in [-0.2, -0.15) is 0 Å². The summed E-state index contributed by atoms with van der Waals surface area (Å²) in [6, 6.07) is 1.04. The number of hydrogen-bond donors (Lipinski definition) is 0. The second kappa shape index (κ2) is 34.2. The summed E-state index contributed by atoms with van der Waals surface area (Å²) in [6.45, 7) is 45.2. The summed E-state index contributed by atoms with van der Waals surface area (Å²) in [4.78, 5) is 4.29. The van der Waals surface area contributed by atoms with Crippen LogP contribution in [0.3, 0.4) is 0 Å². The van der Waals surface area contributed by atoms with Gasteiger partial charge in [0.1, 0.15) is 0 Å². The first-order valence-electron chi connectivity index (χ1n) is 16.2. The number of rotatable bonds is 18. The Morgan fingerprint density at radius 2 is 0.827 bits per heavy atom. The van der Waals surface area contributed by atoms with Crippen LogP contribution >= 0.6 is 0 Å². The van der Waals surface area contributed by atoms with Gasteiger partial charge < -0.3 is 34.5 Å². The maximum atomic E-state index is 6.64. The van der Waals surface area contributed by atoms with Crippen molar-refractivity contribution in [3.05, 3.63) is 12.7 Å². The maximum Gasteiger partial charge on any atom is 0.315 e. The average molecular weight is 892 g/mol. The van der Waals surface area contributed by atoms with Crippen molar-refractivity contribution in [1.29, 1.82) is 0 Å². The largest absolute Gasteiger partial charge is 0.439 e. The molecule has 0 aromatic heterocycles. The Bertz CT molecular complexity index is 785. The van der Waals surface area contributed by atoms with Gasteiger partial charge in [0.05, 0.1) is 0 Å². The van der Waals surface area contributed by atoms with Crippen LogP contribution in [-0.4, -0.2) is 119 Å². The number of nitrogens with zero attached hydrogens (tertiary/aromatic N) is 2. The topological polar surface area (TPSA) is 61.9 Å².